The van der Waals surface area contributed by atoms with E-state index < -0.39 is 11.2 Å². The minimum Gasteiger partial charge on any atom is -0.313 e. The molecule has 0 aromatic carbocycles. The van der Waals surface area contributed by atoms with Crippen molar-refractivity contribution in [2.24, 2.45) is 0 Å². The number of aromatic amines is 2. The van der Waals surface area contributed by atoms with Crippen LogP contribution in [-0.4, -0.2) is 15.0 Å². The number of nitrogens with one attached hydrogen (secondary N) is 2. The maximum absolute atomic E-state index is 11.4. The number of rotatable bonds is 1. The zero-order valence-electron chi connectivity index (χ0n) is 7.45. The second kappa shape index (κ2) is 3.70. The summed E-state index contributed by atoms with van der Waals surface area (Å²) in [5.41, 5.74) is -0.351. The summed E-state index contributed by atoms with van der Waals surface area (Å²) in [5.74, 6) is 0. The fourth-order valence-corrected chi connectivity index (χ4v) is 1.31. The first-order chi connectivity index (χ1) is 7.16. The Hall–Kier alpha value is -1.88. The van der Waals surface area contributed by atoms with E-state index in [1.165, 1.54) is 12.4 Å². The van der Waals surface area contributed by atoms with E-state index in [-0.39, 0.29) is 5.56 Å². The summed E-state index contributed by atoms with van der Waals surface area (Å²) in [6.45, 7) is 0. The van der Waals surface area contributed by atoms with Crippen LogP contribution in [0.5, 0.6) is 0 Å². The zero-order chi connectivity index (χ0) is 10.8. The molecule has 5 nitrogen and oxygen atoms in total. The molecule has 0 amide bonds. The molecule has 0 aliphatic heterocycles. The molecule has 2 aromatic rings. The minimum absolute atomic E-state index is 0.275. The molecule has 2 rings (SSSR count). The number of H-pyrrole nitrogens is 2. The Balaban J connectivity index is 2.64. The van der Waals surface area contributed by atoms with E-state index in [0.717, 1.165) is 0 Å². The average molecular weight is 224 g/mol. The van der Waals surface area contributed by atoms with Crippen LogP contribution < -0.4 is 11.2 Å². The molecular weight excluding hydrogens is 218 g/mol. The summed E-state index contributed by atoms with van der Waals surface area (Å²) in [5, 5.41) is 0.477. The number of halogens is 1. The number of pyridine rings is 1. The van der Waals surface area contributed by atoms with Crippen LogP contribution in [0, 0.1) is 0 Å². The van der Waals surface area contributed by atoms with E-state index in [0.29, 0.717) is 10.7 Å². The van der Waals surface area contributed by atoms with Gasteiger partial charge in [-0.15, -0.1) is 0 Å². The molecule has 6 heteroatoms. The van der Waals surface area contributed by atoms with Gasteiger partial charge in [0.15, 0.2) is 0 Å². The SMILES string of the molecule is O=c1[nH]cc(-c2cc(Cl)ccn2)c(=O)[nH]1. The van der Waals surface area contributed by atoms with E-state index in [1.807, 2.05) is 0 Å². The number of hydrogen-bond acceptors (Lipinski definition) is 3. The highest BCUT2D eigenvalue weighted by Gasteiger charge is 2.04. The van der Waals surface area contributed by atoms with Gasteiger partial charge >= 0.3 is 5.69 Å². The second-order valence-corrected chi connectivity index (χ2v) is 3.28. The highest BCUT2D eigenvalue weighted by molar-refractivity contribution is 6.30. The molecule has 0 atom stereocenters. The number of nitrogens with zero attached hydrogens (tertiary/aromatic N) is 1. The van der Waals surface area contributed by atoms with Crippen LogP contribution in [0.15, 0.2) is 34.1 Å². The lowest BCUT2D eigenvalue weighted by Crippen LogP contribution is -2.22. The van der Waals surface area contributed by atoms with Crippen molar-refractivity contribution >= 4 is 11.6 Å². The Morgan fingerprint density at radius 2 is 2.13 bits per heavy atom. The molecule has 0 saturated heterocycles. The maximum Gasteiger partial charge on any atom is 0.325 e. The second-order valence-electron chi connectivity index (χ2n) is 2.84. The van der Waals surface area contributed by atoms with Crippen LogP contribution >= 0.6 is 11.6 Å². The Morgan fingerprint density at radius 3 is 2.80 bits per heavy atom. The molecule has 0 aliphatic rings. The van der Waals surface area contributed by atoms with Crippen LogP contribution in [0.2, 0.25) is 5.02 Å². The highest BCUT2D eigenvalue weighted by Crippen LogP contribution is 2.15. The van der Waals surface area contributed by atoms with Gasteiger partial charge in [0.25, 0.3) is 5.56 Å². The highest BCUT2D eigenvalue weighted by atomic mass is 35.5. The predicted octanol–water partition coefficient (Wildman–Crippen LogP) is 0.779. The van der Waals surface area contributed by atoms with Crippen molar-refractivity contribution in [1.82, 2.24) is 15.0 Å². The van der Waals surface area contributed by atoms with Crippen molar-refractivity contribution in [3.05, 3.63) is 50.4 Å². The normalized spacial score (nSPS) is 10.2. The monoisotopic (exact) mass is 223 g/mol. The first-order valence-electron chi connectivity index (χ1n) is 4.11. The third-order valence-corrected chi connectivity index (χ3v) is 2.05. The molecule has 15 heavy (non-hydrogen) atoms. The smallest absolute Gasteiger partial charge is 0.313 e. The summed E-state index contributed by atoms with van der Waals surface area (Å²) < 4.78 is 0. The molecule has 0 bridgehead atoms. The van der Waals surface area contributed by atoms with E-state index in [4.69, 9.17) is 11.6 Å². The molecule has 76 valence electrons. The van der Waals surface area contributed by atoms with Crippen LogP contribution in [0.4, 0.5) is 0 Å². The van der Waals surface area contributed by atoms with Gasteiger partial charge in [-0.1, -0.05) is 11.6 Å². The summed E-state index contributed by atoms with van der Waals surface area (Å²) in [6.07, 6.45) is 2.79. The van der Waals surface area contributed by atoms with E-state index in [1.54, 1.807) is 12.1 Å². The van der Waals surface area contributed by atoms with Crippen LogP contribution in [0.1, 0.15) is 0 Å². The summed E-state index contributed by atoms with van der Waals surface area (Å²) in [4.78, 5) is 30.6. The minimum atomic E-state index is -0.550. The van der Waals surface area contributed by atoms with Crippen molar-refractivity contribution in [2.45, 2.75) is 0 Å². The first-order valence-corrected chi connectivity index (χ1v) is 4.48. The van der Waals surface area contributed by atoms with E-state index in [9.17, 15) is 9.59 Å². The van der Waals surface area contributed by atoms with Crippen molar-refractivity contribution in [3.63, 3.8) is 0 Å². The maximum atomic E-state index is 11.4. The number of aromatic nitrogens is 3. The Labute approximate surface area is 88.8 Å². The quantitative estimate of drug-likeness (QED) is 0.750. The molecule has 2 heterocycles. The van der Waals surface area contributed by atoms with Crippen LogP contribution in [0.3, 0.4) is 0 Å². The molecule has 0 aliphatic carbocycles. The Kier molecular flexibility index (Phi) is 2.39. The van der Waals surface area contributed by atoms with Crippen molar-refractivity contribution < 1.29 is 0 Å². The first kappa shape index (κ1) is 9.67. The van der Waals surface area contributed by atoms with Gasteiger partial charge < -0.3 is 4.98 Å². The largest absolute Gasteiger partial charge is 0.325 e. The fourth-order valence-electron chi connectivity index (χ4n) is 1.15. The van der Waals surface area contributed by atoms with Crippen molar-refractivity contribution in [3.8, 4) is 11.3 Å². The van der Waals surface area contributed by atoms with Gasteiger partial charge in [-0.05, 0) is 12.1 Å². The lowest BCUT2D eigenvalue weighted by Gasteiger charge is -1.98. The Morgan fingerprint density at radius 1 is 1.33 bits per heavy atom. The Bertz CT molecular complexity index is 603. The third kappa shape index (κ3) is 1.97. The standard InChI is InChI=1S/C9H6ClN3O2/c10-5-1-2-11-7(3-5)6-4-12-9(15)13-8(6)14/h1-4H,(H2,12,13,14,15). The van der Waals surface area contributed by atoms with Crippen molar-refractivity contribution in [2.75, 3.05) is 0 Å². The average Bonchev–Trinajstić information content (AvgIpc) is 2.17. The predicted molar refractivity (Wildman–Crippen MR) is 55.9 cm³/mol. The summed E-state index contributed by atoms with van der Waals surface area (Å²) >= 11 is 5.75. The van der Waals surface area contributed by atoms with Gasteiger partial charge in [0, 0.05) is 17.4 Å². The molecule has 0 fully saturated rings. The molecule has 2 N–H and O–H groups in total. The van der Waals surface area contributed by atoms with E-state index >= 15 is 0 Å². The lowest BCUT2D eigenvalue weighted by atomic mass is 10.2. The topological polar surface area (TPSA) is 78.6 Å². The molecular formula is C9H6ClN3O2. The number of hydrogen-bond donors (Lipinski definition) is 2. The third-order valence-electron chi connectivity index (χ3n) is 1.82. The van der Waals surface area contributed by atoms with Crippen LogP contribution in [-0.2, 0) is 0 Å². The van der Waals surface area contributed by atoms with Gasteiger partial charge in [0.2, 0.25) is 0 Å². The molecule has 0 radical (unpaired) electrons. The molecule has 2 aromatic heterocycles. The summed E-state index contributed by atoms with van der Waals surface area (Å²) in [6, 6.07) is 3.15. The summed E-state index contributed by atoms with van der Waals surface area (Å²) in [7, 11) is 0. The van der Waals surface area contributed by atoms with Gasteiger partial charge in [-0.25, -0.2) is 4.79 Å². The van der Waals surface area contributed by atoms with Crippen LogP contribution in [0.25, 0.3) is 11.3 Å². The van der Waals surface area contributed by atoms with E-state index in [2.05, 4.69) is 15.0 Å². The van der Waals surface area contributed by atoms with Gasteiger partial charge in [-0.2, -0.15) is 0 Å². The van der Waals surface area contributed by atoms with Crippen molar-refractivity contribution in [1.29, 1.82) is 0 Å². The van der Waals surface area contributed by atoms with Gasteiger partial charge in [-0.3, -0.25) is 14.8 Å². The van der Waals surface area contributed by atoms with Gasteiger partial charge in [0.1, 0.15) is 0 Å². The lowest BCUT2D eigenvalue weighted by molar-refractivity contribution is 1.03. The molecule has 0 saturated carbocycles. The zero-order valence-corrected chi connectivity index (χ0v) is 8.21. The molecule has 0 unspecified atom stereocenters. The van der Waals surface area contributed by atoms with Gasteiger partial charge in [0.05, 0.1) is 11.3 Å². The fraction of sp³-hybridized carbons (Fsp3) is 0. The molecule has 0 spiro atoms.